The standard InChI is InChI=1S/C15H24N2O3/c1-11-5-3-4-6-12(11)16(2)13(18)9-10-17-14(19)7-8-15(17)20/h11-12H,3-10H2,1-2H3. The van der Waals surface area contributed by atoms with Crippen LogP contribution in [0.1, 0.15) is 51.9 Å². The normalized spacial score (nSPS) is 27.0. The molecule has 0 spiro atoms. The van der Waals surface area contributed by atoms with E-state index in [4.69, 9.17) is 0 Å². The maximum atomic E-state index is 12.2. The predicted molar refractivity (Wildman–Crippen MR) is 74.8 cm³/mol. The lowest BCUT2D eigenvalue weighted by atomic mass is 9.85. The number of nitrogens with zero attached hydrogens (tertiary/aromatic N) is 2. The third kappa shape index (κ3) is 3.19. The van der Waals surface area contributed by atoms with Crippen LogP contribution in [-0.2, 0) is 14.4 Å². The maximum absolute atomic E-state index is 12.2. The SMILES string of the molecule is CC1CCCCC1N(C)C(=O)CCN1C(=O)CCC1=O. The summed E-state index contributed by atoms with van der Waals surface area (Å²) in [5.41, 5.74) is 0. The monoisotopic (exact) mass is 280 g/mol. The summed E-state index contributed by atoms with van der Waals surface area (Å²) in [7, 11) is 1.85. The second-order valence-corrected chi connectivity index (χ2v) is 6.02. The van der Waals surface area contributed by atoms with Crippen molar-refractivity contribution in [2.45, 2.75) is 57.9 Å². The first kappa shape index (κ1) is 15.0. The number of likely N-dealkylation sites (tertiary alicyclic amines) is 1. The summed E-state index contributed by atoms with van der Waals surface area (Å²) in [4.78, 5) is 38.3. The number of amides is 3. The summed E-state index contributed by atoms with van der Waals surface area (Å²) in [6.45, 7) is 2.43. The molecule has 0 bridgehead atoms. The van der Waals surface area contributed by atoms with Crippen LogP contribution in [0.3, 0.4) is 0 Å². The fourth-order valence-electron chi connectivity index (χ4n) is 3.31. The van der Waals surface area contributed by atoms with E-state index in [1.807, 2.05) is 11.9 Å². The first-order valence-corrected chi connectivity index (χ1v) is 7.59. The van der Waals surface area contributed by atoms with Gasteiger partial charge in [-0.25, -0.2) is 0 Å². The molecule has 2 rings (SSSR count). The van der Waals surface area contributed by atoms with Gasteiger partial charge in [-0.15, -0.1) is 0 Å². The highest BCUT2D eigenvalue weighted by Crippen LogP contribution is 2.27. The van der Waals surface area contributed by atoms with Crippen molar-refractivity contribution in [3.05, 3.63) is 0 Å². The van der Waals surface area contributed by atoms with Gasteiger partial charge in [0.2, 0.25) is 17.7 Å². The highest BCUT2D eigenvalue weighted by Gasteiger charge is 2.31. The zero-order chi connectivity index (χ0) is 14.7. The Morgan fingerprint density at radius 3 is 2.40 bits per heavy atom. The third-order valence-corrected chi connectivity index (χ3v) is 4.66. The largest absolute Gasteiger partial charge is 0.342 e. The molecular formula is C15H24N2O3. The lowest BCUT2D eigenvalue weighted by molar-refractivity contribution is -0.139. The Morgan fingerprint density at radius 1 is 1.20 bits per heavy atom. The summed E-state index contributed by atoms with van der Waals surface area (Å²) in [6, 6.07) is 0.307. The van der Waals surface area contributed by atoms with Crippen molar-refractivity contribution in [1.82, 2.24) is 9.80 Å². The maximum Gasteiger partial charge on any atom is 0.229 e. The molecule has 5 nitrogen and oxygen atoms in total. The van der Waals surface area contributed by atoms with E-state index in [1.165, 1.54) is 24.2 Å². The molecule has 2 aliphatic rings. The number of hydrogen-bond acceptors (Lipinski definition) is 3. The van der Waals surface area contributed by atoms with Gasteiger partial charge in [-0.3, -0.25) is 19.3 Å². The minimum atomic E-state index is -0.142. The van der Waals surface area contributed by atoms with Crippen molar-refractivity contribution in [3.63, 3.8) is 0 Å². The summed E-state index contributed by atoms with van der Waals surface area (Å²) < 4.78 is 0. The van der Waals surface area contributed by atoms with Gasteiger partial charge >= 0.3 is 0 Å². The minimum absolute atomic E-state index is 0.0382. The van der Waals surface area contributed by atoms with Crippen LogP contribution < -0.4 is 0 Å². The molecule has 0 radical (unpaired) electrons. The van der Waals surface area contributed by atoms with E-state index in [0.29, 0.717) is 24.8 Å². The first-order valence-electron chi connectivity index (χ1n) is 7.59. The van der Waals surface area contributed by atoms with E-state index < -0.39 is 0 Å². The van der Waals surface area contributed by atoms with E-state index >= 15 is 0 Å². The molecule has 5 heteroatoms. The molecule has 1 saturated carbocycles. The van der Waals surface area contributed by atoms with Crippen molar-refractivity contribution in [2.75, 3.05) is 13.6 Å². The highest BCUT2D eigenvalue weighted by molar-refractivity contribution is 6.02. The lowest BCUT2D eigenvalue weighted by Crippen LogP contribution is -2.44. The summed E-state index contributed by atoms with van der Waals surface area (Å²) in [6.07, 6.45) is 5.49. The van der Waals surface area contributed by atoms with Crippen molar-refractivity contribution in [3.8, 4) is 0 Å². The Balaban J connectivity index is 1.84. The molecule has 0 aromatic carbocycles. The van der Waals surface area contributed by atoms with Gasteiger partial charge in [0.05, 0.1) is 0 Å². The molecule has 20 heavy (non-hydrogen) atoms. The van der Waals surface area contributed by atoms with E-state index in [9.17, 15) is 14.4 Å². The van der Waals surface area contributed by atoms with Gasteiger partial charge in [0.1, 0.15) is 0 Å². The Morgan fingerprint density at radius 2 is 1.80 bits per heavy atom. The molecule has 0 N–H and O–H groups in total. The number of carbonyl (C=O) groups is 3. The molecule has 2 atom stereocenters. The summed E-state index contributed by atoms with van der Waals surface area (Å²) >= 11 is 0. The smallest absolute Gasteiger partial charge is 0.229 e. The zero-order valence-electron chi connectivity index (χ0n) is 12.4. The van der Waals surface area contributed by atoms with Gasteiger partial charge in [0.25, 0.3) is 0 Å². The molecule has 0 aromatic heterocycles. The Hall–Kier alpha value is -1.39. The number of carbonyl (C=O) groups excluding carboxylic acids is 3. The molecular weight excluding hydrogens is 256 g/mol. The van der Waals surface area contributed by atoms with Crippen molar-refractivity contribution < 1.29 is 14.4 Å². The quantitative estimate of drug-likeness (QED) is 0.734. The van der Waals surface area contributed by atoms with E-state index in [-0.39, 0.29) is 30.7 Å². The highest BCUT2D eigenvalue weighted by atomic mass is 16.2. The number of hydrogen-bond donors (Lipinski definition) is 0. The van der Waals surface area contributed by atoms with Crippen LogP contribution in [-0.4, -0.2) is 47.2 Å². The fourth-order valence-corrected chi connectivity index (χ4v) is 3.31. The van der Waals surface area contributed by atoms with Crippen molar-refractivity contribution >= 4 is 17.7 Å². The van der Waals surface area contributed by atoms with Crippen LogP contribution in [0.15, 0.2) is 0 Å². The average molecular weight is 280 g/mol. The van der Waals surface area contributed by atoms with Crippen LogP contribution in [0.2, 0.25) is 0 Å². The molecule has 1 heterocycles. The molecule has 3 amide bonds. The molecule has 1 aliphatic carbocycles. The minimum Gasteiger partial charge on any atom is -0.342 e. The lowest BCUT2D eigenvalue weighted by Gasteiger charge is -2.36. The molecule has 1 aliphatic heterocycles. The zero-order valence-corrected chi connectivity index (χ0v) is 12.4. The number of imide groups is 1. The number of rotatable bonds is 4. The van der Waals surface area contributed by atoms with Gasteiger partial charge in [0, 0.05) is 38.9 Å². The molecule has 1 saturated heterocycles. The van der Waals surface area contributed by atoms with Crippen LogP contribution in [0.4, 0.5) is 0 Å². The van der Waals surface area contributed by atoms with E-state index in [0.717, 1.165) is 6.42 Å². The van der Waals surface area contributed by atoms with Gasteiger partial charge in [-0.05, 0) is 18.8 Å². The predicted octanol–water partition coefficient (Wildman–Crippen LogP) is 1.56. The molecule has 0 aromatic rings. The molecule has 2 fully saturated rings. The van der Waals surface area contributed by atoms with E-state index in [1.54, 1.807) is 0 Å². The Labute approximate surface area is 120 Å². The van der Waals surface area contributed by atoms with Crippen LogP contribution in [0.5, 0.6) is 0 Å². The molecule has 112 valence electrons. The van der Waals surface area contributed by atoms with Gasteiger partial charge in [0.15, 0.2) is 0 Å². The van der Waals surface area contributed by atoms with Crippen molar-refractivity contribution in [1.29, 1.82) is 0 Å². The Kier molecular flexibility index (Phi) is 4.78. The molecule has 2 unspecified atom stereocenters. The second-order valence-electron chi connectivity index (χ2n) is 6.02. The average Bonchev–Trinajstić information content (AvgIpc) is 2.75. The van der Waals surface area contributed by atoms with Crippen LogP contribution >= 0.6 is 0 Å². The fraction of sp³-hybridized carbons (Fsp3) is 0.800. The third-order valence-electron chi connectivity index (χ3n) is 4.66. The topological polar surface area (TPSA) is 57.7 Å². The van der Waals surface area contributed by atoms with Crippen LogP contribution in [0, 0.1) is 5.92 Å². The summed E-state index contributed by atoms with van der Waals surface area (Å²) in [5.74, 6) is 0.289. The van der Waals surface area contributed by atoms with Gasteiger partial charge in [-0.2, -0.15) is 0 Å². The summed E-state index contributed by atoms with van der Waals surface area (Å²) in [5, 5.41) is 0. The van der Waals surface area contributed by atoms with E-state index in [2.05, 4.69) is 6.92 Å². The second kappa shape index (κ2) is 6.37. The first-order chi connectivity index (χ1) is 9.50. The van der Waals surface area contributed by atoms with Gasteiger partial charge in [-0.1, -0.05) is 19.8 Å². The van der Waals surface area contributed by atoms with Gasteiger partial charge < -0.3 is 4.90 Å². The van der Waals surface area contributed by atoms with Crippen LogP contribution in [0.25, 0.3) is 0 Å². The Bertz CT molecular complexity index is 392. The van der Waals surface area contributed by atoms with Crippen molar-refractivity contribution in [2.24, 2.45) is 5.92 Å².